The van der Waals surface area contributed by atoms with Gasteiger partial charge in [-0.15, -0.1) is 11.8 Å². The zero-order valence-electron chi connectivity index (χ0n) is 14.4. The Bertz CT molecular complexity index is 692. The van der Waals surface area contributed by atoms with E-state index in [-0.39, 0.29) is 5.91 Å². The number of thioether (sulfide) groups is 1. The Hall–Kier alpha value is -1.50. The van der Waals surface area contributed by atoms with Crippen LogP contribution in [0.15, 0.2) is 51.8 Å². The highest BCUT2D eigenvalue weighted by Gasteiger charge is 2.05. The zero-order valence-corrected chi connectivity index (χ0v) is 16.8. The predicted octanol–water partition coefficient (Wildman–Crippen LogP) is 4.19. The number of benzene rings is 2. The van der Waals surface area contributed by atoms with E-state index in [9.17, 15) is 4.79 Å². The predicted molar refractivity (Wildman–Crippen MR) is 105 cm³/mol. The highest BCUT2D eigenvalue weighted by Crippen LogP contribution is 2.25. The minimum Gasteiger partial charge on any atom is -0.491 e. The molecule has 0 radical (unpaired) electrons. The van der Waals surface area contributed by atoms with Crippen molar-refractivity contribution in [2.45, 2.75) is 18.4 Å². The summed E-state index contributed by atoms with van der Waals surface area (Å²) in [6, 6.07) is 13.8. The van der Waals surface area contributed by atoms with E-state index in [4.69, 9.17) is 9.47 Å². The van der Waals surface area contributed by atoms with E-state index in [1.165, 1.54) is 0 Å². The van der Waals surface area contributed by atoms with Crippen LogP contribution < -0.4 is 10.1 Å². The third-order valence-corrected chi connectivity index (χ3v) is 5.13. The number of ether oxygens (including phenoxy) is 2. The molecule has 25 heavy (non-hydrogen) atoms. The molecular weight excluding hydrogens is 402 g/mol. The maximum atomic E-state index is 12.0. The van der Waals surface area contributed by atoms with Crippen LogP contribution in [-0.2, 0) is 16.1 Å². The summed E-state index contributed by atoms with van der Waals surface area (Å²) in [7, 11) is 1.64. The van der Waals surface area contributed by atoms with Gasteiger partial charge in [-0.25, -0.2) is 0 Å². The smallest absolute Gasteiger partial charge is 0.230 e. The fourth-order valence-electron chi connectivity index (χ4n) is 2.12. The molecule has 4 nitrogen and oxygen atoms in total. The van der Waals surface area contributed by atoms with Crippen LogP contribution in [0.2, 0.25) is 0 Å². The van der Waals surface area contributed by atoms with Crippen LogP contribution in [0.1, 0.15) is 11.1 Å². The fraction of sp³-hybridized carbons (Fsp3) is 0.316. The molecule has 0 aliphatic rings. The van der Waals surface area contributed by atoms with E-state index in [0.717, 1.165) is 26.2 Å². The van der Waals surface area contributed by atoms with Crippen molar-refractivity contribution in [3.05, 3.63) is 58.1 Å². The Labute approximate surface area is 161 Å². The number of halogens is 1. The summed E-state index contributed by atoms with van der Waals surface area (Å²) in [6.45, 7) is 3.64. The van der Waals surface area contributed by atoms with Gasteiger partial charge >= 0.3 is 0 Å². The first-order chi connectivity index (χ1) is 12.1. The Balaban J connectivity index is 1.74. The van der Waals surface area contributed by atoms with E-state index >= 15 is 0 Å². The zero-order chi connectivity index (χ0) is 18.1. The average Bonchev–Trinajstić information content (AvgIpc) is 2.60. The molecule has 1 amide bonds. The summed E-state index contributed by atoms with van der Waals surface area (Å²) < 4.78 is 11.5. The Morgan fingerprint density at radius 3 is 2.60 bits per heavy atom. The molecular formula is C19H22BrNO3S. The first-order valence-electron chi connectivity index (χ1n) is 7.95. The van der Waals surface area contributed by atoms with E-state index in [1.54, 1.807) is 18.9 Å². The number of methoxy groups -OCH3 is 1. The van der Waals surface area contributed by atoms with Crippen LogP contribution in [0, 0.1) is 6.92 Å². The van der Waals surface area contributed by atoms with Crippen molar-refractivity contribution in [1.82, 2.24) is 5.32 Å². The average molecular weight is 424 g/mol. The molecule has 0 fully saturated rings. The fourth-order valence-corrected chi connectivity index (χ4v) is 3.43. The largest absolute Gasteiger partial charge is 0.491 e. The van der Waals surface area contributed by atoms with Gasteiger partial charge in [-0.3, -0.25) is 4.79 Å². The lowest BCUT2D eigenvalue weighted by Gasteiger charge is -2.09. The maximum Gasteiger partial charge on any atom is 0.230 e. The topological polar surface area (TPSA) is 47.6 Å². The number of rotatable bonds is 9. The van der Waals surface area contributed by atoms with Gasteiger partial charge in [0.2, 0.25) is 5.91 Å². The Kier molecular flexibility index (Phi) is 8.31. The number of nitrogens with one attached hydrogen (secondary N) is 1. The van der Waals surface area contributed by atoms with Gasteiger partial charge in [-0.2, -0.15) is 0 Å². The summed E-state index contributed by atoms with van der Waals surface area (Å²) in [5, 5.41) is 2.94. The van der Waals surface area contributed by atoms with Crippen molar-refractivity contribution in [1.29, 1.82) is 0 Å². The van der Waals surface area contributed by atoms with E-state index < -0.39 is 0 Å². The quantitative estimate of drug-likeness (QED) is 0.485. The Morgan fingerprint density at radius 1 is 1.16 bits per heavy atom. The summed E-state index contributed by atoms with van der Waals surface area (Å²) in [4.78, 5) is 13.2. The van der Waals surface area contributed by atoms with Gasteiger partial charge < -0.3 is 14.8 Å². The standard InChI is InChI=1S/C19H22BrNO3S/c1-14-11-16(20)5-8-18(14)25-13-19(22)21-12-15-3-6-17(7-4-15)24-10-9-23-2/h3-8,11H,9-10,12-13H2,1-2H3,(H,21,22). The van der Waals surface area contributed by atoms with Crippen LogP contribution in [0.3, 0.4) is 0 Å². The molecule has 1 N–H and O–H groups in total. The SMILES string of the molecule is COCCOc1ccc(CNC(=O)CSc2ccc(Br)cc2C)cc1. The molecule has 0 saturated carbocycles. The molecule has 2 aromatic rings. The number of hydrogen-bond donors (Lipinski definition) is 1. The second-order valence-electron chi connectivity index (χ2n) is 5.46. The van der Waals surface area contributed by atoms with Crippen LogP contribution >= 0.6 is 27.7 Å². The third kappa shape index (κ3) is 7.10. The number of carbonyl (C=O) groups excluding carboxylic acids is 1. The van der Waals surface area contributed by atoms with Gasteiger partial charge in [0.1, 0.15) is 12.4 Å². The third-order valence-electron chi connectivity index (χ3n) is 3.46. The lowest BCUT2D eigenvalue weighted by Crippen LogP contribution is -2.24. The number of hydrogen-bond acceptors (Lipinski definition) is 4. The van der Waals surface area contributed by atoms with Crippen LogP contribution in [0.4, 0.5) is 0 Å². The second-order valence-corrected chi connectivity index (χ2v) is 7.39. The van der Waals surface area contributed by atoms with Crippen LogP contribution in [0.5, 0.6) is 5.75 Å². The summed E-state index contributed by atoms with van der Waals surface area (Å²) in [5.41, 5.74) is 2.20. The molecule has 134 valence electrons. The van der Waals surface area contributed by atoms with Gasteiger partial charge in [-0.1, -0.05) is 28.1 Å². The van der Waals surface area contributed by atoms with Crippen molar-refractivity contribution in [2.24, 2.45) is 0 Å². The first kappa shape index (κ1) is 19.8. The lowest BCUT2D eigenvalue weighted by molar-refractivity contribution is -0.118. The van der Waals surface area contributed by atoms with Gasteiger partial charge in [0.15, 0.2) is 0 Å². The first-order valence-corrected chi connectivity index (χ1v) is 9.72. The van der Waals surface area contributed by atoms with Gasteiger partial charge in [0, 0.05) is 23.0 Å². The molecule has 2 rings (SSSR count). The molecule has 0 aliphatic carbocycles. The minimum atomic E-state index is 0.0211. The summed E-state index contributed by atoms with van der Waals surface area (Å²) >= 11 is 4.99. The van der Waals surface area contributed by atoms with Gasteiger partial charge in [-0.05, 0) is 48.4 Å². The van der Waals surface area contributed by atoms with E-state index in [0.29, 0.717) is 25.5 Å². The molecule has 0 spiro atoms. The molecule has 6 heteroatoms. The number of aryl methyl sites for hydroxylation is 1. The summed E-state index contributed by atoms with van der Waals surface area (Å²) in [6.07, 6.45) is 0. The van der Waals surface area contributed by atoms with Crippen molar-refractivity contribution in [3.63, 3.8) is 0 Å². The molecule has 0 atom stereocenters. The highest BCUT2D eigenvalue weighted by molar-refractivity contribution is 9.10. The molecule has 0 heterocycles. The summed E-state index contributed by atoms with van der Waals surface area (Å²) in [5.74, 6) is 1.22. The molecule has 0 bridgehead atoms. The van der Waals surface area contributed by atoms with Crippen molar-refractivity contribution in [3.8, 4) is 5.75 Å². The molecule has 2 aromatic carbocycles. The van der Waals surface area contributed by atoms with Gasteiger partial charge in [0.05, 0.1) is 12.4 Å². The van der Waals surface area contributed by atoms with Crippen LogP contribution in [-0.4, -0.2) is 32.0 Å². The minimum absolute atomic E-state index is 0.0211. The van der Waals surface area contributed by atoms with Crippen molar-refractivity contribution in [2.75, 3.05) is 26.1 Å². The number of carbonyl (C=O) groups is 1. The number of amides is 1. The molecule has 0 unspecified atom stereocenters. The Morgan fingerprint density at radius 2 is 1.92 bits per heavy atom. The molecule has 0 aliphatic heterocycles. The normalized spacial score (nSPS) is 10.5. The molecule has 0 saturated heterocycles. The monoisotopic (exact) mass is 423 g/mol. The molecule has 0 aromatic heterocycles. The lowest BCUT2D eigenvalue weighted by atomic mass is 10.2. The highest BCUT2D eigenvalue weighted by atomic mass is 79.9. The van der Waals surface area contributed by atoms with Crippen LogP contribution in [0.25, 0.3) is 0 Å². The van der Waals surface area contributed by atoms with Crippen molar-refractivity contribution < 1.29 is 14.3 Å². The van der Waals surface area contributed by atoms with Gasteiger partial charge in [0.25, 0.3) is 0 Å². The van der Waals surface area contributed by atoms with E-state index in [1.807, 2.05) is 43.3 Å². The maximum absolute atomic E-state index is 12.0. The second kappa shape index (κ2) is 10.5. The van der Waals surface area contributed by atoms with E-state index in [2.05, 4.69) is 27.3 Å². The van der Waals surface area contributed by atoms with Crippen molar-refractivity contribution >= 4 is 33.6 Å².